The van der Waals surface area contributed by atoms with Gasteiger partial charge in [0.2, 0.25) is 6.04 Å². The first-order chi connectivity index (χ1) is 12.3. The number of nitro groups is 1. The van der Waals surface area contributed by atoms with Crippen LogP contribution in [0, 0.1) is 10.1 Å². The van der Waals surface area contributed by atoms with Crippen molar-refractivity contribution in [3.05, 3.63) is 75.3 Å². The van der Waals surface area contributed by atoms with Crippen LogP contribution in [0.4, 0.5) is 0 Å². The van der Waals surface area contributed by atoms with Gasteiger partial charge in [-0.05, 0) is 41.2 Å². The molecule has 0 saturated carbocycles. The van der Waals surface area contributed by atoms with Crippen LogP contribution in [0.15, 0.2) is 48.5 Å². The van der Waals surface area contributed by atoms with Crippen molar-refractivity contribution in [3.63, 3.8) is 0 Å². The van der Waals surface area contributed by atoms with Crippen molar-refractivity contribution >= 4 is 0 Å². The number of nitrogens with zero attached hydrogens (tertiary/aromatic N) is 1. The minimum absolute atomic E-state index is 0.0560. The highest BCUT2D eigenvalue weighted by molar-refractivity contribution is 5.39. The average molecular weight is 355 g/mol. The van der Waals surface area contributed by atoms with E-state index in [1.165, 1.54) is 5.56 Å². The Bertz CT molecular complexity index is 715. The molecule has 0 amide bonds. The van der Waals surface area contributed by atoms with E-state index in [4.69, 9.17) is 4.74 Å². The highest BCUT2D eigenvalue weighted by Crippen LogP contribution is 2.33. The van der Waals surface area contributed by atoms with Crippen LogP contribution in [0.25, 0.3) is 0 Å². The van der Waals surface area contributed by atoms with Gasteiger partial charge < -0.3 is 4.74 Å². The van der Waals surface area contributed by atoms with Gasteiger partial charge in [0.15, 0.2) is 0 Å². The van der Waals surface area contributed by atoms with Gasteiger partial charge in [-0.25, -0.2) is 0 Å². The van der Waals surface area contributed by atoms with Crippen LogP contribution < -0.4 is 4.74 Å². The molecule has 140 valence electrons. The minimum Gasteiger partial charge on any atom is -0.494 e. The molecule has 2 unspecified atom stereocenters. The maximum Gasteiger partial charge on any atom is 0.223 e. The van der Waals surface area contributed by atoms with Crippen LogP contribution in [0.3, 0.4) is 0 Å². The van der Waals surface area contributed by atoms with Crippen molar-refractivity contribution < 1.29 is 9.66 Å². The quantitative estimate of drug-likeness (QED) is 0.482. The molecular formula is C22H29NO3. The van der Waals surface area contributed by atoms with E-state index in [1.807, 2.05) is 50.2 Å². The third-order valence-corrected chi connectivity index (χ3v) is 4.76. The van der Waals surface area contributed by atoms with E-state index in [-0.39, 0.29) is 16.3 Å². The monoisotopic (exact) mass is 355 g/mol. The second kappa shape index (κ2) is 8.35. The fraction of sp³-hybridized carbons (Fsp3) is 0.455. The Morgan fingerprint density at radius 2 is 1.46 bits per heavy atom. The Morgan fingerprint density at radius 3 is 1.85 bits per heavy atom. The van der Waals surface area contributed by atoms with Crippen LogP contribution in [0.2, 0.25) is 0 Å². The van der Waals surface area contributed by atoms with Gasteiger partial charge in [0.1, 0.15) is 5.75 Å². The van der Waals surface area contributed by atoms with Gasteiger partial charge in [-0.2, -0.15) is 0 Å². The van der Waals surface area contributed by atoms with Gasteiger partial charge in [-0.3, -0.25) is 10.1 Å². The number of hydrogen-bond donors (Lipinski definition) is 0. The smallest absolute Gasteiger partial charge is 0.223 e. The molecule has 2 aromatic carbocycles. The predicted octanol–water partition coefficient (Wildman–Crippen LogP) is 5.57. The van der Waals surface area contributed by atoms with Crippen molar-refractivity contribution in [1.29, 1.82) is 0 Å². The molecule has 0 heterocycles. The molecule has 0 spiro atoms. The lowest BCUT2D eigenvalue weighted by atomic mass is 9.81. The maximum atomic E-state index is 11.7. The zero-order chi connectivity index (χ0) is 19.3. The van der Waals surface area contributed by atoms with Gasteiger partial charge >= 0.3 is 0 Å². The molecule has 0 saturated heterocycles. The molecule has 0 N–H and O–H groups in total. The van der Waals surface area contributed by atoms with Crippen LogP contribution in [0.1, 0.15) is 63.6 Å². The van der Waals surface area contributed by atoms with Gasteiger partial charge in [0.05, 0.1) is 12.5 Å². The Labute approximate surface area is 156 Å². The van der Waals surface area contributed by atoms with Crippen molar-refractivity contribution in [3.8, 4) is 5.75 Å². The summed E-state index contributed by atoms with van der Waals surface area (Å²) < 4.78 is 5.50. The van der Waals surface area contributed by atoms with Crippen molar-refractivity contribution in [1.82, 2.24) is 0 Å². The molecule has 0 aromatic heterocycles. The number of ether oxygens (including phenoxy) is 1. The second-order valence-electron chi connectivity index (χ2n) is 7.61. The SMILES string of the molecule is CCOc1ccc(C(c2ccc(C(C)(C)C)cc2)C(CC)[N+](=O)[O-])cc1. The number of benzene rings is 2. The molecule has 2 atom stereocenters. The molecule has 2 aromatic rings. The lowest BCUT2D eigenvalue weighted by molar-refractivity contribution is -0.525. The molecule has 0 aliphatic carbocycles. The fourth-order valence-corrected chi connectivity index (χ4v) is 3.27. The van der Waals surface area contributed by atoms with E-state index >= 15 is 0 Å². The third-order valence-electron chi connectivity index (χ3n) is 4.76. The molecule has 0 aliphatic heterocycles. The molecule has 4 heteroatoms. The molecular weight excluding hydrogens is 326 g/mol. The highest BCUT2D eigenvalue weighted by Gasteiger charge is 2.32. The van der Waals surface area contributed by atoms with E-state index < -0.39 is 6.04 Å². The van der Waals surface area contributed by atoms with E-state index in [0.29, 0.717) is 13.0 Å². The first-order valence-corrected chi connectivity index (χ1v) is 9.24. The Morgan fingerprint density at radius 1 is 0.962 bits per heavy atom. The van der Waals surface area contributed by atoms with E-state index in [0.717, 1.165) is 16.9 Å². The van der Waals surface area contributed by atoms with Crippen molar-refractivity contribution in [2.75, 3.05) is 6.61 Å². The zero-order valence-corrected chi connectivity index (χ0v) is 16.4. The fourth-order valence-electron chi connectivity index (χ4n) is 3.27. The summed E-state index contributed by atoms with van der Waals surface area (Å²) in [5, 5.41) is 11.7. The zero-order valence-electron chi connectivity index (χ0n) is 16.4. The summed E-state index contributed by atoms with van der Waals surface area (Å²) in [5.74, 6) is 0.506. The van der Waals surface area contributed by atoms with Crippen molar-refractivity contribution in [2.45, 2.75) is 58.4 Å². The third kappa shape index (κ3) is 4.63. The van der Waals surface area contributed by atoms with Crippen molar-refractivity contribution in [2.24, 2.45) is 0 Å². The van der Waals surface area contributed by atoms with Gasteiger partial charge in [0, 0.05) is 11.3 Å². The van der Waals surface area contributed by atoms with E-state index in [9.17, 15) is 10.1 Å². The Balaban J connectivity index is 2.45. The summed E-state index contributed by atoms with van der Waals surface area (Å²) >= 11 is 0. The Hall–Kier alpha value is -2.36. The lowest BCUT2D eigenvalue weighted by Crippen LogP contribution is -2.28. The maximum absolute atomic E-state index is 11.7. The standard InChI is InChI=1S/C22H29NO3/c1-6-20(23(24)25)21(17-10-14-19(15-11-17)26-7-2)16-8-12-18(13-9-16)22(3,4)5/h8-15,20-21H,6-7H2,1-5H3. The van der Waals surface area contributed by atoms with Gasteiger partial charge in [0.25, 0.3) is 0 Å². The predicted molar refractivity (Wildman–Crippen MR) is 106 cm³/mol. The van der Waals surface area contributed by atoms with E-state index in [1.54, 1.807) is 0 Å². The Kier molecular flexibility index (Phi) is 6.41. The summed E-state index contributed by atoms with van der Waals surface area (Å²) in [5.41, 5.74) is 3.20. The largest absolute Gasteiger partial charge is 0.494 e. The molecule has 0 aliphatic rings. The first-order valence-electron chi connectivity index (χ1n) is 9.24. The summed E-state index contributed by atoms with van der Waals surface area (Å²) in [6, 6.07) is 15.3. The average Bonchev–Trinajstić information content (AvgIpc) is 2.60. The molecule has 2 rings (SSSR count). The molecule has 4 nitrogen and oxygen atoms in total. The van der Waals surface area contributed by atoms with E-state index in [2.05, 4.69) is 32.9 Å². The summed E-state index contributed by atoms with van der Waals surface area (Å²) in [6.45, 7) is 10.9. The molecule has 0 fully saturated rings. The molecule has 26 heavy (non-hydrogen) atoms. The van der Waals surface area contributed by atoms with Crippen LogP contribution >= 0.6 is 0 Å². The second-order valence-corrected chi connectivity index (χ2v) is 7.61. The topological polar surface area (TPSA) is 52.4 Å². The first kappa shape index (κ1) is 20.0. The summed E-state index contributed by atoms with van der Waals surface area (Å²) in [4.78, 5) is 11.5. The highest BCUT2D eigenvalue weighted by atomic mass is 16.6. The van der Waals surface area contributed by atoms with Crippen LogP contribution in [-0.4, -0.2) is 17.6 Å². The van der Waals surface area contributed by atoms with Gasteiger partial charge in [-0.1, -0.05) is 64.1 Å². The number of hydrogen-bond acceptors (Lipinski definition) is 3. The normalized spacial score (nSPS) is 13.9. The molecule has 0 radical (unpaired) electrons. The number of rotatable bonds is 7. The van der Waals surface area contributed by atoms with Crippen LogP contribution in [0.5, 0.6) is 5.75 Å². The summed E-state index contributed by atoms with van der Waals surface area (Å²) in [6.07, 6.45) is 0.478. The van der Waals surface area contributed by atoms with Crippen LogP contribution in [-0.2, 0) is 5.41 Å². The summed E-state index contributed by atoms with van der Waals surface area (Å²) in [7, 11) is 0. The van der Waals surface area contributed by atoms with Gasteiger partial charge in [-0.15, -0.1) is 0 Å². The lowest BCUT2D eigenvalue weighted by Gasteiger charge is -2.24. The molecule has 0 bridgehead atoms. The minimum atomic E-state index is -0.659.